The van der Waals surface area contributed by atoms with Crippen LogP contribution in [0, 0.1) is 12.7 Å². The number of benzene rings is 1. The van der Waals surface area contributed by atoms with Crippen LogP contribution < -0.4 is 16.2 Å². The van der Waals surface area contributed by atoms with Crippen LogP contribution >= 0.6 is 0 Å². The Labute approximate surface area is 228 Å². The molecule has 0 spiro atoms. The Balaban J connectivity index is 1.44. The summed E-state index contributed by atoms with van der Waals surface area (Å²) >= 11 is 0. The number of carbonyl (C=O) groups is 2. The second-order valence-corrected chi connectivity index (χ2v) is 11.3. The summed E-state index contributed by atoms with van der Waals surface area (Å²) in [5.41, 5.74) is 2.31. The van der Waals surface area contributed by atoms with E-state index in [1.165, 1.54) is 6.07 Å². The third-order valence-electron chi connectivity index (χ3n) is 9.12. The average molecular weight is 549 g/mol. The summed E-state index contributed by atoms with van der Waals surface area (Å²) in [6.07, 6.45) is 0.830. The summed E-state index contributed by atoms with van der Waals surface area (Å²) in [6, 6.07) is 2.08. The molecule has 1 fully saturated rings. The van der Waals surface area contributed by atoms with Gasteiger partial charge >= 0.3 is 5.97 Å². The normalized spacial score (nSPS) is 26.3. The Bertz CT molecular complexity index is 1720. The van der Waals surface area contributed by atoms with Gasteiger partial charge in [-0.3, -0.25) is 9.59 Å². The minimum atomic E-state index is -1.96. The van der Waals surface area contributed by atoms with Gasteiger partial charge in [0.2, 0.25) is 5.91 Å². The first-order valence-electron chi connectivity index (χ1n) is 13.7. The van der Waals surface area contributed by atoms with Crippen LogP contribution in [0.15, 0.2) is 16.9 Å². The van der Waals surface area contributed by atoms with Gasteiger partial charge in [0.25, 0.3) is 5.56 Å². The number of halogens is 1. The van der Waals surface area contributed by atoms with Crippen LogP contribution in [0.5, 0.6) is 0 Å². The number of carbonyl (C=O) groups excluding carboxylic acids is 2. The number of aromatic nitrogens is 2. The van der Waals surface area contributed by atoms with Crippen LogP contribution in [0.25, 0.3) is 22.3 Å². The number of hydrogen-bond acceptors (Lipinski definition) is 8. The van der Waals surface area contributed by atoms with E-state index in [-0.39, 0.29) is 48.0 Å². The number of ether oxygens (including phenoxy) is 1. The minimum Gasteiger partial charge on any atom is -0.458 e. The number of cyclic esters (lactones) is 1. The number of fused-ring (bicyclic) bond motifs is 5. The van der Waals surface area contributed by atoms with Gasteiger partial charge in [0.1, 0.15) is 12.4 Å². The van der Waals surface area contributed by atoms with Crippen molar-refractivity contribution < 1.29 is 28.9 Å². The zero-order valence-electron chi connectivity index (χ0n) is 22.1. The molecular weight excluding hydrogens is 519 g/mol. The standard InChI is InChI=1S/C29H29FN4O6/c1-3-29(39)17-7-22-25-15(10-34(22)27(37)16(17)11-40-28(29)38)24-19(33-26(36)21-6-13(35)9-31-21)5-4-14-12(2)18(30)8-20(32-25)23(14)24/h7-8,13,19,21,31,35,39H,3-6,9-11H2,1-2H3,(H,33,36)/t13?,19-,21?,29-/m0/s1. The van der Waals surface area contributed by atoms with Crippen LogP contribution in [0.1, 0.15) is 65.6 Å². The Kier molecular flexibility index (Phi) is 5.48. The van der Waals surface area contributed by atoms with Gasteiger partial charge in [-0.2, -0.15) is 0 Å². The predicted octanol–water partition coefficient (Wildman–Crippen LogP) is 1.35. The first-order chi connectivity index (χ1) is 19.1. The van der Waals surface area contributed by atoms with Crippen molar-refractivity contribution in [1.82, 2.24) is 20.2 Å². The second kappa shape index (κ2) is 8.66. The number of aliphatic hydroxyl groups is 2. The maximum absolute atomic E-state index is 15.0. The lowest BCUT2D eigenvalue weighted by atomic mass is 9.81. The summed E-state index contributed by atoms with van der Waals surface area (Å²) < 4.78 is 21.8. The van der Waals surface area contributed by atoms with E-state index in [4.69, 9.17) is 9.72 Å². The lowest BCUT2D eigenvalue weighted by Crippen LogP contribution is -2.44. The molecule has 3 aliphatic heterocycles. The lowest BCUT2D eigenvalue weighted by Gasteiger charge is -2.31. The Morgan fingerprint density at radius 1 is 1.30 bits per heavy atom. The van der Waals surface area contributed by atoms with E-state index >= 15 is 4.39 Å². The van der Waals surface area contributed by atoms with Crippen molar-refractivity contribution in [3.05, 3.63) is 61.7 Å². The molecule has 0 radical (unpaired) electrons. The summed E-state index contributed by atoms with van der Waals surface area (Å²) in [5.74, 6) is -1.41. The largest absolute Gasteiger partial charge is 0.458 e. The Morgan fingerprint density at radius 2 is 2.10 bits per heavy atom. The highest BCUT2D eigenvalue weighted by Gasteiger charge is 2.46. The zero-order valence-corrected chi connectivity index (χ0v) is 22.1. The van der Waals surface area contributed by atoms with Gasteiger partial charge in [-0.1, -0.05) is 6.92 Å². The number of rotatable bonds is 3. The van der Waals surface area contributed by atoms with Gasteiger partial charge in [0.15, 0.2) is 5.60 Å². The van der Waals surface area contributed by atoms with E-state index in [1.54, 1.807) is 24.5 Å². The maximum atomic E-state index is 15.0. The third kappa shape index (κ3) is 3.37. The van der Waals surface area contributed by atoms with E-state index in [2.05, 4.69) is 10.6 Å². The van der Waals surface area contributed by atoms with Crippen LogP contribution in [-0.2, 0) is 39.5 Å². The molecule has 2 unspecified atom stereocenters. The van der Waals surface area contributed by atoms with Crippen molar-refractivity contribution in [2.45, 2.75) is 76.5 Å². The smallest absolute Gasteiger partial charge is 0.343 e. The van der Waals surface area contributed by atoms with E-state index in [1.807, 2.05) is 0 Å². The van der Waals surface area contributed by atoms with Crippen LogP contribution in [0.4, 0.5) is 4.39 Å². The Hall–Kier alpha value is -3.67. The number of β-amino-alcohol motifs (C(OH)–C–C–N with tert-alkyl or cyclic N) is 1. The first kappa shape index (κ1) is 25.3. The summed E-state index contributed by atoms with van der Waals surface area (Å²) in [5, 5.41) is 28.1. The zero-order chi connectivity index (χ0) is 28.1. The molecule has 40 heavy (non-hydrogen) atoms. The topological polar surface area (TPSA) is 143 Å². The molecule has 0 bridgehead atoms. The van der Waals surface area contributed by atoms with E-state index in [0.717, 1.165) is 22.1 Å². The summed E-state index contributed by atoms with van der Waals surface area (Å²) in [6.45, 7) is 3.67. The van der Waals surface area contributed by atoms with E-state index in [0.29, 0.717) is 48.3 Å². The van der Waals surface area contributed by atoms with Crippen LogP contribution in [0.3, 0.4) is 0 Å². The number of hydrogen-bond donors (Lipinski definition) is 4. The molecule has 4 atom stereocenters. The molecule has 2 aromatic heterocycles. The third-order valence-corrected chi connectivity index (χ3v) is 9.12. The van der Waals surface area contributed by atoms with Crippen molar-refractivity contribution >= 4 is 22.8 Å². The van der Waals surface area contributed by atoms with Crippen molar-refractivity contribution in [1.29, 1.82) is 0 Å². The highest BCUT2D eigenvalue weighted by atomic mass is 19.1. The van der Waals surface area contributed by atoms with Crippen molar-refractivity contribution in [3.8, 4) is 11.4 Å². The molecule has 5 heterocycles. The summed E-state index contributed by atoms with van der Waals surface area (Å²) in [7, 11) is 0. The number of nitrogens with one attached hydrogen (secondary N) is 2. The molecule has 0 saturated carbocycles. The van der Waals surface area contributed by atoms with E-state index < -0.39 is 29.8 Å². The van der Waals surface area contributed by atoms with Crippen LogP contribution in [-0.4, -0.2) is 50.3 Å². The lowest BCUT2D eigenvalue weighted by molar-refractivity contribution is -0.172. The van der Waals surface area contributed by atoms with Gasteiger partial charge < -0.3 is 30.2 Å². The van der Waals surface area contributed by atoms with Crippen molar-refractivity contribution in [3.63, 3.8) is 0 Å². The average Bonchev–Trinajstić information content (AvgIpc) is 3.54. The maximum Gasteiger partial charge on any atom is 0.343 e. The van der Waals surface area contributed by atoms with Gasteiger partial charge in [-0.25, -0.2) is 14.2 Å². The van der Waals surface area contributed by atoms with Gasteiger partial charge in [0, 0.05) is 29.1 Å². The molecule has 11 heteroatoms. The molecule has 10 nitrogen and oxygen atoms in total. The fourth-order valence-corrected chi connectivity index (χ4v) is 6.89. The quantitative estimate of drug-likeness (QED) is 0.281. The monoisotopic (exact) mass is 548 g/mol. The number of amides is 1. The number of pyridine rings is 2. The molecule has 3 aromatic rings. The second-order valence-electron chi connectivity index (χ2n) is 11.3. The number of aryl methyl sites for hydroxylation is 1. The molecule has 7 rings (SSSR count). The molecule has 4 aliphatic rings. The van der Waals surface area contributed by atoms with Crippen LogP contribution in [0.2, 0.25) is 0 Å². The fourth-order valence-electron chi connectivity index (χ4n) is 6.89. The fraction of sp³-hybridized carbons (Fsp3) is 0.448. The molecular formula is C29H29FN4O6. The van der Waals surface area contributed by atoms with Gasteiger partial charge in [0.05, 0.1) is 47.2 Å². The number of esters is 1. The van der Waals surface area contributed by atoms with Crippen molar-refractivity contribution in [2.75, 3.05) is 6.54 Å². The number of nitrogens with zero attached hydrogens (tertiary/aromatic N) is 2. The molecule has 1 aromatic carbocycles. The Morgan fingerprint density at radius 3 is 2.83 bits per heavy atom. The highest BCUT2D eigenvalue weighted by molar-refractivity contribution is 5.94. The summed E-state index contributed by atoms with van der Waals surface area (Å²) in [4.78, 5) is 44.3. The molecule has 1 amide bonds. The van der Waals surface area contributed by atoms with Gasteiger partial charge in [-0.15, -0.1) is 0 Å². The van der Waals surface area contributed by atoms with Gasteiger partial charge in [-0.05, 0) is 55.4 Å². The highest BCUT2D eigenvalue weighted by Crippen LogP contribution is 2.46. The predicted molar refractivity (Wildman–Crippen MR) is 141 cm³/mol. The molecule has 1 saturated heterocycles. The van der Waals surface area contributed by atoms with E-state index in [9.17, 15) is 24.6 Å². The molecule has 1 aliphatic carbocycles. The van der Waals surface area contributed by atoms with Crippen molar-refractivity contribution in [2.24, 2.45) is 0 Å². The number of aliphatic hydroxyl groups excluding tert-OH is 1. The first-order valence-corrected chi connectivity index (χ1v) is 13.7. The SMILES string of the molecule is CC[C@@]1(O)C(=O)OCc2c1cc1n(c2=O)Cc2c-1nc1cc(F)c(C)c3c1c2[C@@H](NC(=O)C1CC(O)CN1)CC3. The molecule has 208 valence electrons. The molecule has 4 N–H and O–H groups in total. The minimum absolute atomic E-state index is 0.0246.